The molecule has 0 radical (unpaired) electrons. The molecule has 1 atom stereocenters. The van der Waals surface area contributed by atoms with Gasteiger partial charge in [0.15, 0.2) is 0 Å². The second-order valence-corrected chi connectivity index (χ2v) is 7.08. The highest BCUT2D eigenvalue weighted by Crippen LogP contribution is 2.29. The van der Waals surface area contributed by atoms with Crippen LogP contribution in [0.2, 0.25) is 0 Å². The third-order valence-corrected chi connectivity index (χ3v) is 5.04. The van der Waals surface area contributed by atoms with Crippen LogP contribution < -0.4 is 14.8 Å². The summed E-state index contributed by atoms with van der Waals surface area (Å²) in [7, 11) is -2.02. The molecule has 22 heavy (non-hydrogen) atoms. The number of benzene rings is 2. The average Bonchev–Trinajstić information content (AvgIpc) is 2.86. The number of methoxy groups -OCH3 is 1. The number of anilines is 2. The molecular formula is C16H18N2O3S. The maximum Gasteiger partial charge on any atom is 0.261 e. The van der Waals surface area contributed by atoms with Gasteiger partial charge in [0.25, 0.3) is 10.0 Å². The third kappa shape index (κ3) is 2.87. The van der Waals surface area contributed by atoms with E-state index in [1.54, 1.807) is 43.5 Å². The van der Waals surface area contributed by atoms with E-state index in [1.165, 1.54) is 0 Å². The average molecular weight is 318 g/mol. The lowest BCUT2D eigenvalue weighted by Crippen LogP contribution is -2.13. The Hall–Kier alpha value is -2.21. The van der Waals surface area contributed by atoms with Gasteiger partial charge in [-0.1, -0.05) is 0 Å². The fraction of sp³-hybridized carbons (Fsp3) is 0.250. The molecule has 0 bridgehead atoms. The summed E-state index contributed by atoms with van der Waals surface area (Å²) in [6.07, 6.45) is 0.835. The number of hydrogen-bond donors (Lipinski definition) is 2. The molecule has 0 aromatic heterocycles. The number of nitrogens with one attached hydrogen (secondary N) is 2. The molecule has 2 aromatic carbocycles. The molecule has 0 saturated carbocycles. The summed E-state index contributed by atoms with van der Waals surface area (Å²) in [6, 6.07) is 12.3. The molecule has 6 heteroatoms. The zero-order chi connectivity index (χ0) is 15.7. The highest BCUT2D eigenvalue weighted by Gasteiger charge is 2.21. The van der Waals surface area contributed by atoms with Crippen molar-refractivity contribution in [2.24, 2.45) is 0 Å². The van der Waals surface area contributed by atoms with E-state index in [0.717, 1.165) is 17.7 Å². The summed E-state index contributed by atoms with van der Waals surface area (Å²) >= 11 is 0. The molecule has 3 rings (SSSR count). The second-order valence-electron chi connectivity index (χ2n) is 5.40. The van der Waals surface area contributed by atoms with Gasteiger partial charge >= 0.3 is 0 Å². The van der Waals surface area contributed by atoms with Crippen LogP contribution in [-0.2, 0) is 16.4 Å². The van der Waals surface area contributed by atoms with E-state index < -0.39 is 10.0 Å². The molecular weight excluding hydrogens is 300 g/mol. The van der Waals surface area contributed by atoms with Crippen LogP contribution >= 0.6 is 0 Å². The maximum atomic E-state index is 12.5. The summed E-state index contributed by atoms with van der Waals surface area (Å²) < 4.78 is 32.6. The number of sulfonamides is 1. The smallest absolute Gasteiger partial charge is 0.261 e. The lowest BCUT2D eigenvalue weighted by molar-refractivity contribution is 0.415. The summed E-state index contributed by atoms with van der Waals surface area (Å²) in [5, 5.41) is 3.31. The minimum atomic E-state index is -3.59. The van der Waals surface area contributed by atoms with Crippen LogP contribution in [-0.4, -0.2) is 21.6 Å². The minimum absolute atomic E-state index is 0.276. The molecule has 2 N–H and O–H groups in total. The molecule has 0 aliphatic carbocycles. The Kier molecular flexibility index (Phi) is 3.70. The quantitative estimate of drug-likeness (QED) is 0.909. The standard InChI is InChI=1S/C16H18N2O3S/c1-11-9-12-10-15(7-8-16(12)17-11)22(19,20)18-13-3-5-14(21-2)6-4-13/h3-8,10-11,17-18H,9H2,1-2H3. The van der Waals surface area contributed by atoms with Crippen molar-refractivity contribution in [2.75, 3.05) is 17.1 Å². The van der Waals surface area contributed by atoms with Gasteiger partial charge in [-0.3, -0.25) is 4.72 Å². The number of hydrogen-bond acceptors (Lipinski definition) is 4. The van der Waals surface area contributed by atoms with Gasteiger partial charge in [0.2, 0.25) is 0 Å². The molecule has 116 valence electrons. The highest BCUT2D eigenvalue weighted by atomic mass is 32.2. The predicted molar refractivity (Wildman–Crippen MR) is 87.0 cm³/mol. The molecule has 0 fully saturated rings. The Bertz CT molecular complexity index is 786. The summed E-state index contributed by atoms with van der Waals surface area (Å²) in [6.45, 7) is 2.07. The zero-order valence-electron chi connectivity index (χ0n) is 12.5. The molecule has 5 nitrogen and oxygen atoms in total. The van der Waals surface area contributed by atoms with Crippen LogP contribution in [0.4, 0.5) is 11.4 Å². The molecule has 1 aliphatic heterocycles. The Labute approximate surface area is 130 Å². The predicted octanol–water partition coefficient (Wildman–Crippen LogP) is 2.85. The lowest BCUT2D eigenvalue weighted by atomic mass is 10.1. The van der Waals surface area contributed by atoms with Crippen LogP contribution in [0, 0.1) is 0 Å². The van der Waals surface area contributed by atoms with Crippen LogP contribution in [0.5, 0.6) is 5.75 Å². The van der Waals surface area contributed by atoms with Gasteiger partial charge in [-0.05, 0) is 61.4 Å². The molecule has 0 amide bonds. The monoisotopic (exact) mass is 318 g/mol. The Balaban J connectivity index is 1.85. The van der Waals surface area contributed by atoms with Gasteiger partial charge in [-0.2, -0.15) is 0 Å². The van der Waals surface area contributed by atoms with Gasteiger partial charge < -0.3 is 10.1 Å². The number of rotatable bonds is 4. The van der Waals surface area contributed by atoms with Gasteiger partial charge in [-0.15, -0.1) is 0 Å². The normalized spacial score (nSPS) is 16.7. The molecule has 1 aliphatic rings. The molecule has 0 saturated heterocycles. The first-order valence-electron chi connectivity index (χ1n) is 7.04. The van der Waals surface area contributed by atoms with Crippen molar-refractivity contribution in [2.45, 2.75) is 24.3 Å². The largest absolute Gasteiger partial charge is 0.497 e. The zero-order valence-corrected chi connectivity index (χ0v) is 13.3. The first-order chi connectivity index (χ1) is 10.5. The minimum Gasteiger partial charge on any atom is -0.497 e. The van der Waals surface area contributed by atoms with Crippen molar-refractivity contribution < 1.29 is 13.2 Å². The Morgan fingerprint density at radius 1 is 1.18 bits per heavy atom. The molecule has 1 heterocycles. The van der Waals surface area contributed by atoms with Crippen LogP contribution in [0.15, 0.2) is 47.4 Å². The van der Waals surface area contributed by atoms with E-state index in [-0.39, 0.29) is 4.90 Å². The van der Waals surface area contributed by atoms with E-state index in [2.05, 4.69) is 17.0 Å². The van der Waals surface area contributed by atoms with Gasteiger partial charge in [0.1, 0.15) is 5.75 Å². The van der Waals surface area contributed by atoms with Crippen molar-refractivity contribution in [1.82, 2.24) is 0 Å². The maximum absolute atomic E-state index is 12.5. The molecule has 0 spiro atoms. The Morgan fingerprint density at radius 2 is 1.91 bits per heavy atom. The van der Waals surface area contributed by atoms with E-state index in [0.29, 0.717) is 17.5 Å². The van der Waals surface area contributed by atoms with Crippen LogP contribution in [0.25, 0.3) is 0 Å². The van der Waals surface area contributed by atoms with Crippen LogP contribution in [0.1, 0.15) is 12.5 Å². The summed E-state index contributed by atoms with van der Waals surface area (Å²) in [5.41, 5.74) is 2.55. The summed E-state index contributed by atoms with van der Waals surface area (Å²) in [4.78, 5) is 0.276. The SMILES string of the molecule is COc1ccc(NS(=O)(=O)c2ccc3c(c2)CC(C)N3)cc1. The van der Waals surface area contributed by atoms with E-state index in [4.69, 9.17) is 4.74 Å². The van der Waals surface area contributed by atoms with E-state index in [9.17, 15) is 8.42 Å². The van der Waals surface area contributed by atoms with Crippen molar-refractivity contribution in [1.29, 1.82) is 0 Å². The van der Waals surface area contributed by atoms with E-state index in [1.807, 2.05) is 6.07 Å². The van der Waals surface area contributed by atoms with Gasteiger partial charge in [0.05, 0.1) is 12.0 Å². The van der Waals surface area contributed by atoms with Crippen LogP contribution in [0.3, 0.4) is 0 Å². The molecule has 1 unspecified atom stereocenters. The van der Waals surface area contributed by atoms with Crippen molar-refractivity contribution in [3.05, 3.63) is 48.0 Å². The van der Waals surface area contributed by atoms with Crippen molar-refractivity contribution in [3.8, 4) is 5.75 Å². The van der Waals surface area contributed by atoms with Gasteiger partial charge in [0, 0.05) is 17.4 Å². The fourth-order valence-corrected chi connectivity index (χ4v) is 3.68. The Morgan fingerprint density at radius 3 is 2.59 bits per heavy atom. The summed E-state index contributed by atoms with van der Waals surface area (Å²) in [5.74, 6) is 0.681. The fourth-order valence-electron chi connectivity index (χ4n) is 2.57. The number of fused-ring (bicyclic) bond motifs is 1. The third-order valence-electron chi connectivity index (χ3n) is 3.66. The van der Waals surface area contributed by atoms with Crippen molar-refractivity contribution >= 4 is 21.4 Å². The highest BCUT2D eigenvalue weighted by molar-refractivity contribution is 7.92. The van der Waals surface area contributed by atoms with E-state index >= 15 is 0 Å². The van der Waals surface area contributed by atoms with Crippen molar-refractivity contribution in [3.63, 3.8) is 0 Å². The van der Waals surface area contributed by atoms with Gasteiger partial charge in [-0.25, -0.2) is 8.42 Å². The lowest BCUT2D eigenvalue weighted by Gasteiger charge is -2.10. The first-order valence-corrected chi connectivity index (χ1v) is 8.52. The molecule has 2 aromatic rings. The number of ether oxygens (including phenoxy) is 1. The second kappa shape index (κ2) is 5.53. The first kappa shape index (κ1) is 14.7. The topological polar surface area (TPSA) is 67.4 Å².